The Hall–Kier alpha value is -2.37. The number of rotatable bonds is 8. The van der Waals surface area contributed by atoms with Crippen LogP contribution in [-0.4, -0.2) is 51.8 Å². The van der Waals surface area contributed by atoms with Gasteiger partial charge in [0.25, 0.3) is 0 Å². The number of piperidine rings is 1. The minimum Gasteiger partial charge on any atom is -0.357 e. The summed E-state index contributed by atoms with van der Waals surface area (Å²) < 4.78 is 1.95. The highest BCUT2D eigenvalue weighted by atomic mass is 16.2. The van der Waals surface area contributed by atoms with Gasteiger partial charge in [-0.3, -0.25) is 9.48 Å². The maximum atomic E-state index is 13.1. The van der Waals surface area contributed by atoms with Gasteiger partial charge in [-0.25, -0.2) is 4.98 Å². The fourth-order valence-electron chi connectivity index (χ4n) is 4.46. The number of nitrogens with zero attached hydrogens (tertiary/aromatic N) is 5. The van der Waals surface area contributed by atoms with Crippen molar-refractivity contribution in [3.8, 4) is 0 Å². The van der Waals surface area contributed by atoms with E-state index < -0.39 is 0 Å². The molecule has 0 atom stereocenters. The number of pyridine rings is 1. The van der Waals surface area contributed by atoms with Gasteiger partial charge in [-0.05, 0) is 50.7 Å². The van der Waals surface area contributed by atoms with Crippen molar-refractivity contribution < 1.29 is 4.79 Å². The van der Waals surface area contributed by atoms with Gasteiger partial charge in [0.05, 0.1) is 12.1 Å². The second-order valence-electron chi connectivity index (χ2n) is 7.93. The van der Waals surface area contributed by atoms with Crippen LogP contribution >= 0.6 is 0 Å². The van der Waals surface area contributed by atoms with E-state index >= 15 is 0 Å². The van der Waals surface area contributed by atoms with Gasteiger partial charge >= 0.3 is 0 Å². The lowest BCUT2D eigenvalue weighted by atomic mass is 9.95. The third-order valence-electron chi connectivity index (χ3n) is 6.16. The number of anilines is 1. The molecule has 158 valence electrons. The predicted molar refractivity (Wildman–Crippen MR) is 117 cm³/mol. The Bertz CT molecular complexity index is 793. The molecular formula is C23H35N5O. The molecule has 0 aromatic carbocycles. The average molecular weight is 398 g/mol. The van der Waals surface area contributed by atoms with E-state index in [0.717, 1.165) is 68.9 Å². The van der Waals surface area contributed by atoms with Crippen LogP contribution in [-0.2, 0) is 31.1 Å². The normalized spacial score (nSPS) is 15.0. The zero-order chi connectivity index (χ0) is 20.8. The van der Waals surface area contributed by atoms with Crippen molar-refractivity contribution in [1.82, 2.24) is 19.7 Å². The molecule has 2 aromatic rings. The molecule has 0 bridgehead atoms. The Labute approximate surface area is 174 Å². The summed E-state index contributed by atoms with van der Waals surface area (Å²) in [6.07, 6.45) is 6.31. The van der Waals surface area contributed by atoms with Gasteiger partial charge in [0.2, 0.25) is 5.91 Å². The number of hydrogen-bond acceptors (Lipinski definition) is 4. The molecule has 0 N–H and O–H groups in total. The smallest absolute Gasteiger partial charge is 0.227 e. The molecule has 0 spiro atoms. The van der Waals surface area contributed by atoms with E-state index in [1.54, 1.807) is 0 Å². The van der Waals surface area contributed by atoms with Crippen molar-refractivity contribution in [3.63, 3.8) is 0 Å². The van der Waals surface area contributed by atoms with Crippen molar-refractivity contribution >= 4 is 11.7 Å². The van der Waals surface area contributed by atoms with Gasteiger partial charge in [0.15, 0.2) is 0 Å². The van der Waals surface area contributed by atoms with Crippen LogP contribution in [0.1, 0.15) is 50.6 Å². The first-order valence-electron chi connectivity index (χ1n) is 11.0. The molecule has 0 aliphatic carbocycles. The Morgan fingerprint density at radius 1 is 1.17 bits per heavy atom. The molecule has 1 fully saturated rings. The maximum absolute atomic E-state index is 13.1. The highest BCUT2D eigenvalue weighted by Gasteiger charge is 2.25. The van der Waals surface area contributed by atoms with Crippen LogP contribution < -0.4 is 4.90 Å². The van der Waals surface area contributed by atoms with Gasteiger partial charge in [-0.1, -0.05) is 19.9 Å². The molecule has 2 aromatic heterocycles. The second kappa shape index (κ2) is 9.90. The fraction of sp³-hybridized carbons (Fsp3) is 0.609. The van der Waals surface area contributed by atoms with Gasteiger partial charge in [0, 0.05) is 50.7 Å². The Kier molecular flexibility index (Phi) is 7.29. The average Bonchev–Trinajstić information content (AvgIpc) is 3.07. The summed E-state index contributed by atoms with van der Waals surface area (Å²) in [6, 6.07) is 6.07. The van der Waals surface area contributed by atoms with Gasteiger partial charge in [0.1, 0.15) is 5.82 Å². The molecule has 0 unspecified atom stereocenters. The molecule has 1 aliphatic rings. The lowest BCUT2D eigenvalue weighted by molar-refractivity contribution is -0.131. The summed E-state index contributed by atoms with van der Waals surface area (Å²) in [5.74, 6) is 1.85. The number of amides is 1. The minimum absolute atomic E-state index is 0.233. The molecule has 0 saturated carbocycles. The molecule has 1 saturated heterocycles. The second-order valence-corrected chi connectivity index (χ2v) is 7.93. The third kappa shape index (κ3) is 4.98. The van der Waals surface area contributed by atoms with E-state index in [-0.39, 0.29) is 5.91 Å². The summed E-state index contributed by atoms with van der Waals surface area (Å²) in [7, 11) is 1.99. The maximum Gasteiger partial charge on any atom is 0.227 e. The number of likely N-dealkylation sites (N-methyl/N-ethyl adjacent to an activating group) is 1. The monoisotopic (exact) mass is 397 g/mol. The van der Waals surface area contributed by atoms with Crippen LogP contribution in [0.4, 0.5) is 5.82 Å². The molecule has 1 amide bonds. The van der Waals surface area contributed by atoms with Crippen LogP contribution in [0.15, 0.2) is 24.4 Å². The minimum atomic E-state index is 0.233. The summed E-state index contributed by atoms with van der Waals surface area (Å²) in [6.45, 7) is 9.98. The molecule has 0 radical (unpaired) electrons. The number of hydrogen-bond donors (Lipinski definition) is 0. The summed E-state index contributed by atoms with van der Waals surface area (Å²) in [5, 5.41) is 4.63. The topological polar surface area (TPSA) is 54.3 Å². The molecule has 6 nitrogen and oxygen atoms in total. The van der Waals surface area contributed by atoms with Gasteiger partial charge < -0.3 is 9.80 Å². The molecule has 6 heteroatoms. The molecule has 29 heavy (non-hydrogen) atoms. The van der Waals surface area contributed by atoms with Crippen molar-refractivity contribution in [3.05, 3.63) is 41.3 Å². The van der Waals surface area contributed by atoms with Crippen molar-refractivity contribution in [2.45, 2.75) is 52.9 Å². The number of carbonyl (C=O) groups is 1. The van der Waals surface area contributed by atoms with Crippen molar-refractivity contribution in [2.24, 2.45) is 13.0 Å². The zero-order valence-electron chi connectivity index (χ0n) is 18.4. The first kappa shape index (κ1) is 21.3. The SMILES string of the molecule is CCc1nn(C)c(CC)c1CC(=O)N(CC)CC1CCN(c2ccccn2)CC1. The van der Waals surface area contributed by atoms with Crippen LogP contribution in [0.2, 0.25) is 0 Å². The lowest BCUT2D eigenvalue weighted by Gasteiger charge is -2.35. The lowest BCUT2D eigenvalue weighted by Crippen LogP contribution is -2.41. The Morgan fingerprint density at radius 2 is 1.93 bits per heavy atom. The largest absolute Gasteiger partial charge is 0.357 e. The molecule has 1 aliphatic heterocycles. The van der Waals surface area contributed by atoms with Gasteiger partial charge in [-0.15, -0.1) is 0 Å². The van der Waals surface area contributed by atoms with E-state index in [4.69, 9.17) is 0 Å². The fourth-order valence-corrected chi connectivity index (χ4v) is 4.46. The summed E-state index contributed by atoms with van der Waals surface area (Å²) in [5.41, 5.74) is 3.40. The van der Waals surface area contributed by atoms with Crippen LogP contribution in [0.25, 0.3) is 0 Å². The molecule has 3 rings (SSSR count). The van der Waals surface area contributed by atoms with Gasteiger partial charge in [-0.2, -0.15) is 5.10 Å². The molecule has 3 heterocycles. The van der Waals surface area contributed by atoms with Crippen LogP contribution in [0.3, 0.4) is 0 Å². The van der Waals surface area contributed by atoms with Crippen molar-refractivity contribution in [1.29, 1.82) is 0 Å². The quantitative estimate of drug-likeness (QED) is 0.686. The van der Waals surface area contributed by atoms with Crippen LogP contribution in [0.5, 0.6) is 0 Å². The summed E-state index contributed by atoms with van der Waals surface area (Å²) in [4.78, 5) is 22.0. The highest BCUT2D eigenvalue weighted by molar-refractivity contribution is 5.79. The van der Waals surface area contributed by atoms with Crippen molar-refractivity contribution in [2.75, 3.05) is 31.1 Å². The predicted octanol–water partition coefficient (Wildman–Crippen LogP) is 3.25. The number of carbonyl (C=O) groups excluding carboxylic acids is 1. The van der Waals surface area contributed by atoms with E-state index in [1.165, 1.54) is 5.69 Å². The standard InChI is InChI=1S/C23H35N5O/c1-5-20-19(21(6-2)26(4)25-20)16-23(29)27(7-3)17-18-11-14-28(15-12-18)22-10-8-9-13-24-22/h8-10,13,18H,5-7,11-12,14-17H2,1-4H3. The van der Waals surface area contributed by atoms with E-state index in [2.05, 4.69) is 41.8 Å². The number of aromatic nitrogens is 3. The van der Waals surface area contributed by atoms with E-state index in [9.17, 15) is 4.79 Å². The summed E-state index contributed by atoms with van der Waals surface area (Å²) >= 11 is 0. The van der Waals surface area contributed by atoms with E-state index in [0.29, 0.717) is 12.3 Å². The Morgan fingerprint density at radius 3 is 2.52 bits per heavy atom. The first-order chi connectivity index (χ1) is 14.1. The Balaban J connectivity index is 1.59. The number of aryl methyl sites for hydroxylation is 2. The van der Waals surface area contributed by atoms with Crippen LogP contribution in [0, 0.1) is 5.92 Å². The highest BCUT2D eigenvalue weighted by Crippen LogP contribution is 2.23. The van der Waals surface area contributed by atoms with E-state index in [1.807, 2.05) is 35.0 Å². The first-order valence-corrected chi connectivity index (χ1v) is 11.0. The third-order valence-corrected chi connectivity index (χ3v) is 6.16. The zero-order valence-corrected chi connectivity index (χ0v) is 18.4. The molecular weight excluding hydrogens is 362 g/mol.